The van der Waals surface area contributed by atoms with Gasteiger partial charge in [-0.05, 0) is 67.7 Å². The highest BCUT2D eigenvalue weighted by Gasteiger charge is 2.35. The third-order valence-electron chi connectivity index (χ3n) is 5.66. The fourth-order valence-electron chi connectivity index (χ4n) is 3.83. The van der Waals surface area contributed by atoms with E-state index in [9.17, 15) is 4.79 Å². The van der Waals surface area contributed by atoms with Crippen LogP contribution in [0.3, 0.4) is 0 Å². The molecule has 2 N–H and O–H groups in total. The lowest BCUT2D eigenvalue weighted by atomic mass is 9.73. The van der Waals surface area contributed by atoms with Gasteiger partial charge in [-0.3, -0.25) is 19.7 Å². The minimum Gasteiger partial charge on any atom is -0.321 e. The van der Waals surface area contributed by atoms with Crippen molar-refractivity contribution in [2.75, 3.05) is 11.9 Å². The number of anilines is 1. The second kappa shape index (κ2) is 7.17. The van der Waals surface area contributed by atoms with Gasteiger partial charge in [0.1, 0.15) is 12.1 Å². The molecule has 2 aliphatic rings. The van der Waals surface area contributed by atoms with Crippen molar-refractivity contribution < 1.29 is 4.79 Å². The van der Waals surface area contributed by atoms with Crippen LogP contribution in [0.5, 0.6) is 0 Å². The summed E-state index contributed by atoms with van der Waals surface area (Å²) in [6, 6.07) is 14.2. The first kappa shape index (κ1) is 18.3. The molecule has 28 heavy (non-hydrogen) atoms. The number of carbonyl (C=O) groups excluding carboxylic acids is 1. The van der Waals surface area contributed by atoms with Crippen LogP contribution in [0.25, 0.3) is 5.70 Å². The molecule has 1 aliphatic carbocycles. The van der Waals surface area contributed by atoms with E-state index >= 15 is 0 Å². The molecule has 2 aromatic rings. The molecule has 1 saturated carbocycles. The van der Waals surface area contributed by atoms with E-state index in [1.54, 1.807) is 20.2 Å². The Morgan fingerprint density at radius 1 is 1.21 bits per heavy atom. The molecule has 0 saturated heterocycles. The van der Waals surface area contributed by atoms with Crippen LogP contribution in [0.2, 0.25) is 0 Å². The smallest absolute Gasteiger partial charge is 0.146 e. The first-order valence-corrected chi connectivity index (χ1v) is 9.53. The maximum Gasteiger partial charge on any atom is 0.146 e. The summed E-state index contributed by atoms with van der Waals surface area (Å²) in [5.41, 5.74) is 11.6. The van der Waals surface area contributed by atoms with E-state index in [0.717, 1.165) is 47.6 Å². The van der Waals surface area contributed by atoms with E-state index in [4.69, 9.17) is 5.73 Å². The molecular formula is C23H24N4O. The normalized spacial score (nSPS) is 21.3. The van der Waals surface area contributed by atoms with Crippen LogP contribution < -0.4 is 10.6 Å². The van der Waals surface area contributed by atoms with Gasteiger partial charge in [-0.25, -0.2) is 0 Å². The number of amidine groups is 1. The number of nitrogens with zero attached hydrogens (tertiary/aromatic N) is 3. The number of allylic oxidation sites excluding steroid dienone is 1. The van der Waals surface area contributed by atoms with Gasteiger partial charge in [0.15, 0.2) is 0 Å². The van der Waals surface area contributed by atoms with Gasteiger partial charge in [0, 0.05) is 30.0 Å². The van der Waals surface area contributed by atoms with Gasteiger partial charge in [0.05, 0.1) is 11.4 Å². The molecule has 1 aromatic carbocycles. The summed E-state index contributed by atoms with van der Waals surface area (Å²) in [4.78, 5) is 22.5. The minimum atomic E-state index is -0.190. The van der Waals surface area contributed by atoms with Crippen LogP contribution >= 0.6 is 0 Å². The third kappa shape index (κ3) is 2.98. The predicted octanol–water partition coefficient (Wildman–Crippen LogP) is 3.82. The molecule has 5 heteroatoms. The monoisotopic (exact) mass is 372 g/mol. The molecule has 2 heterocycles. The first-order chi connectivity index (χ1) is 13.6. The van der Waals surface area contributed by atoms with Crippen molar-refractivity contribution in [3.8, 4) is 0 Å². The van der Waals surface area contributed by atoms with Crippen molar-refractivity contribution in [2.24, 2.45) is 10.7 Å². The van der Waals surface area contributed by atoms with Gasteiger partial charge in [-0.1, -0.05) is 18.2 Å². The number of aromatic nitrogens is 1. The Hall–Kier alpha value is -3.05. The lowest BCUT2D eigenvalue weighted by Gasteiger charge is -2.38. The molecule has 1 fully saturated rings. The maximum absolute atomic E-state index is 11.4. The Labute approximate surface area is 165 Å². The zero-order valence-corrected chi connectivity index (χ0v) is 16.2. The van der Waals surface area contributed by atoms with Crippen molar-refractivity contribution in [1.82, 2.24) is 4.98 Å². The standard InChI is InChI=1S/C23H24N4O/c1-16(15-28)19-14-21(20-6-3-4-13-26-20)27(22(19)25-2)18-9-7-17(8-10-18)23(24)11-5-12-23/h3-4,6-10,13-15H,5,11-12,24H2,1-2H3/b19-16+,25-22?. The molecule has 4 rings (SSSR count). The van der Waals surface area contributed by atoms with Crippen molar-refractivity contribution in [2.45, 2.75) is 31.7 Å². The van der Waals surface area contributed by atoms with Gasteiger partial charge in [0.2, 0.25) is 0 Å². The zero-order valence-electron chi connectivity index (χ0n) is 16.2. The Balaban J connectivity index is 1.80. The van der Waals surface area contributed by atoms with Crippen LogP contribution in [-0.4, -0.2) is 24.2 Å². The second-order valence-corrected chi connectivity index (χ2v) is 7.40. The van der Waals surface area contributed by atoms with Crippen LogP contribution in [0.1, 0.15) is 37.4 Å². The van der Waals surface area contributed by atoms with Crippen molar-refractivity contribution >= 4 is 23.5 Å². The highest BCUT2D eigenvalue weighted by Crippen LogP contribution is 2.40. The predicted molar refractivity (Wildman–Crippen MR) is 113 cm³/mol. The van der Waals surface area contributed by atoms with Gasteiger partial charge in [0.25, 0.3) is 0 Å². The number of benzene rings is 1. The molecule has 142 valence electrons. The molecule has 5 nitrogen and oxygen atoms in total. The van der Waals surface area contributed by atoms with Crippen molar-refractivity contribution in [3.63, 3.8) is 0 Å². The van der Waals surface area contributed by atoms with Crippen LogP contribution in [0, 0.1) is 0 Å². The summed E-state index contributed by atoms with van der Waals surface area (Å²) in [6.07, 6.45) is 7.86. The van der Waals surface area contributed by atoms with Gasteiger partial charge >= 0.3 is 0 Å². The van der Waals surface area contributed by atoms with Gasteiger partial charge in [-0.15, -0.1) is 0 Å². The molecule has 0 radical (unpaired) electrons. The summed E-state index contributed by atoms with van der Waals surface area (Å²) >= 11 is 0. The van der Waals surface area contributed by atoms with E-state index in [2.05, 4.69) is 39.1 Å². The van der Waals surface area contributed by atoms with Crippen molar-refractivity contribution in [1.29, 1.82) is 0 Å². The first-order valence-electron chi connectivity index (χ1n) is 9.53. The number of aldehydes is 1. The van der Waals surface area contributed by atoms with Gasteiger partial charge in [-0.2, -0.15) is 0 Å². The lowest BCUT2D eigenvalue weighted by molar-refractivity contribution is -0.104. The van der Waals surface area contributed by atoms with E-state index < -0.39 is 0 Å². The molecule has 1 aromatic heterocycles. The summed E-state index contributed by atoms with van der Waals surface area (Å²) in [5.74, 6) is 0.740. The average Bonchev–Trinajstić information content (AvgIpc) is 3.12. The molecular weight excluding hydrogens is 348 g/mol. The van der Waals surface area contributed by atoms with E-state index in [-0.39, 0.29) is 5.54 Å². The lowest BCUT2D eigenvalue weighted by Crippen LogP contribution is -2.43. The van der Waals surface area contributed by atoms with Crippen molar-refractivity contribution in [3.05, 3.63) is 77.1 Å². The summed E-state index contributed by atoms with van der Waals surface area (Å²) in [5, 5.41) is 0. The summed E-state index contributed by atoms with van der Waals surface area (Å²) < 4.78 is 0. The quantitative estimate of drug-likeness (QED) is 0.654. The number of hydrogen-bond donors (Lipinski definition) is 1. The number of carbonyl (C=O) groups is 1. The Morgan fingerprint density at radius 3 is 2.50 bits per heavy atom. The van der Waals surface area contributed by atoms with E-state index in [1.165, 1.54) is 12.0 Å². The minimum absolute atomic E-state index is 0.190. The van der Waals surface area contributed by atoms with Gasteiger partial charge < -0.3 is 5.73 Å². The molecule has 0 spiro atoms. The molecule has 0 unspecified atom stereocenters. The largest absolute Gasteiger partial charge is 0.321 e. The number of nitrogens with two attached hydrogens (primary N) is 1. The Morgan fingerprint density at radius 2 is 1.96 bits per heavy atom. The molecule has 0 amide bonds. The van der Waals surface area contributed by atoms with E-state index in [0.29, 0.717) is 5.57 Å². The Kier molecular flexibility index (Phi) is 4.69. The van der Waals surface area contributed by atoms with Crippen LogP contribution in [-0.2, 0) is 10.3 Å². The molecule has 0 atom stereocenters. The van der Waals surface area contributed by atoms with Crippen LogP contribution in [0.15, 0.2) is 70.9 Å². The topological polar surface area (TPSA) is 71.6 Å². The fraction of sp³-hybridized carbons (Fsp3) is 0.261. The maximum atomic E-state index is 11.4. The van der Waals surface area contributed by atoms with Crippen LogP contribution in [0.4, 0.5) is 5.69 Å². The van der Waals surface area contributed by atoms with E-state index in [1.807, 2.05) is 24.3 Å². The number of hydrogen-bond acceptors (Lipinski definition) is 4. The molecule has 1 aliphatic heterocycles. The fourth-order valence-corrected chi connectivity index (χ4v) is 3.83. The Bertz CT molecular complexity index is 983. The SMILES string of the molecule is CN=C1/C(=C(\C)C=O)C=C(c2ccccn2)N1c1ccc(C2(N)CCC2)cc1. The summed E-state index contributed by atoms with van der Waals surface area (Å²) in [6.45, 7) is 1.81. The second-order valence-electron chi connectivity index (χ2n) is 7.40. The highest BCUT2D eigenvalue weighted by molar-refractivity contribution is 6.25. The third-order valence-corrected chi connectivity index (χ3v) is 5.66. The highest BCUT2D eigenvalue weighted by atomic mass is 16.1. The summed E-state index contributed by atoms with van der Waals surface area (Å²) in [7, 11) is 1.74. The number of pyridine rings is 1. The zero-order chi connectivity index (χ0) is 19.7. The average molecular weight is 372 g/mol. The number of aliphatic imine (C=N–C) groups is 1. The molecule has 0 bridgehead atoms. The number of rotatable bonds is 4.